The number of rotatable bonds is 7. The van der Waals surface area contributed by atoms with Gasteiger partial charge in [0.05, 0.1) is 12.7 Å². The molecule has 1 amide bonds. The monoisotopic (exact) mass is 318 g/mol. The second-order valence-electron chi connectivity index (χ2n) is 4.88. The molecule has 0 aliphatic carbocycles. The van der Waals surface area contributed by atoms with Crippen LogP contribution in [0.1, 0.15) is 24.2 Å². The van der Waals surface area contributed by atoms with Crippen LogP contribution in [0.15, 0.2) is 11.2 Å². The fraction of sp³-hybridized carbons (Fsp3) is 0.545. The zero-order valence-electron chi connectivity index (χ0n) is 12.0. The van der Waals surface area contributed by atoms with Crippen LogP contribution in [-0.2, 0) is 14.8 Å². The Labute approximate surface area is 122 Å². The van der Waals surface area contributed by atoms with E-state index in [1.165, 1.54) is 7.05 Å². The number of sulfonamides is 1. The van der Waals surface area contributed by atoms with Crippen molar-refractivity contribution in [3.05, 3.63) is 11.8 Å². The highest BCUT2D eigenvalue weighted by Gasteiger charge is 2.29. The summed E-state index contributed by atoms with van der Waals surface area (Å²) in [4.78, 5) is 22.6. The molecule has 0 saturated heterocycles. The highest BCUT2D eigenvalue weighted by Crippen LogP contribution is 2.16. The normalized spacial score (nSPS) is 11.9. The number of aromatic nitrogens is 2. The molecular formula is C11H18N4O5S. The average Bonchev–Trinajstić information content (AvgIpc) is 2.86. The number of nitrogens with zero attached hydrogens (tertiary/aromatic N) is 2. The summed E-state index contributed by atoms with van der Waals surface area (Å²) in [6.07, 6.45) is 0.905. The topological polar surface area (TPSA) is 132 Å². The molecule has 0 radical (unpaired) electrons. The number of carbonyl (C=O) groups excluding carboxylic acids is 1. The molecule has 0 saturated carbocycles. The van der Waals surface area contributed by atoms with Crippen molar-refractivity contribution in [2.24, 2.45) is 5.92 Å². The van der Waals surface area contributed by atoms with Gasteiger partial charge < -0.3 is 10.4 Å². The number of carboxylic acid groups (broad SMARTS) is 1. The minimum Gasteiger partial charge on any atom is -0.478 e. The lowest BCUT2D eigenvalue weighted by atomic mass is 10.2. The van der Waals surface area contributed by atoms with Gasteiger partial charge >= 0.3 is 5.97 Å². The van der Waals surface area contributed by atoms with Crippen LogP contribution in [0.3, 0.4) is 0 Å². The highest BCUT2D eigenvalue weighted by atomic mass is 32.2. The van der Waals surface area contributed by atoms with Gasteiger partial charge in [0.25, 0.3) is 10.0 Å². The van der Waals surface area contributed by atoms with Crippen LogP contribution in [0.4, 0.5) is 0 Å². The quantitative estimate of drug-likeness (QED) is 0.621. The van der Waals surface area contributed by atoms with Crippen LogP contribution in [0.2, 0.25) is 0 Å². The summed E-state index contributed by atoms with van der Waals surface area (Å²) in [5.74, 6) is -1.65. The molecule has 1 aromatic heterocycles. The lowest BCUT2D eigenvalue weighted by Gasteiger charge is -2.16. The minimum atomic E-state index is -4.13. The molecule has 0 aliphatic rings. The SMILES string of the molecule is CC(C)CNC(=O)CN(C)S(=O)(=O)c1[nH]ncc1C(=O)O. The number of hydrogen-bond donors (Lipinski definition) is 3. The molecule has 0 unspecified atom stereocenters. The fourth-order valence-corrected chi connectivity index (χ4v) is 2.63. The van der Waals surface area contributed by atoms with E-state index in [2.05, 4.69) is 15.5 Å². The molecular weight excluding hydrogens is 300 g/mol. The van der Waals surface area contributed by atoms with E-state index in [-0.39, 0.29) is 5.92 Å². The van der Waals surface area contributed by atoms with Gasteiger partial charge in [-0.3, -0.25) is 9.89 Å². The maximum absolute atomic E-state index is 12.2. The maximum Gasteiger partial charge on any atom is 0.340 e. The number of amides is 1. The van der Waals surface area contributed by atoms with E-state index < -0.39 is 39.0 Å². The fourth-order valence-electron chi connectivity index (χ4n) is 1.44. The third-order valence-corrected chi connectivity index (χ3v) is 4.35. The first kappa shape index (κ1) is 17.1. The van der Waals surface area contributed by atoms with Gasteiger partial charge in [-0.15, -0.1) is 0 Å². The lowest BCUT2D eigenvalue weighted by molar-refractivity contribution is -0.121. The Hall–Kier alpha value is -1.94. The van der Waals surface area contributed by atoms with E-state index in [0.717, 1.165) is 10.5 Å². The molecule has 0 aliphatic heterocycles. The van der Waals surface area contributed by atoms with Crippen LogP contribution < -0.4 is 5.32 Å². The summed E-state index contributed by atoms with van der Waals surface area (Å²) in [5, 5.41) is 16.5. The summed E-state index contributed by atoms with van der Waals surface area (Å²) in [6.45, 7) is 3.83. The van der Waals surface area contributed by atoms with Gasteiger partial charge in [0.2, 0.25) is 5.91 Å². The molecule has 0 bridgehead atoms. The van der Waals surface area contributed by atoms with Crippen LogP contribution in [0.25, 0.3) is 0 Å². The van der Waals surface area contributed by atoms with E-state index >= 15 is 0 Å². The van der Waals surface area contributed by atoms with Crippen LogP contribution in [0.5, 0.6) is 0 Å². The molecule has 10 heteroatoms. The smallest absolute Gasteiger partial charge is 0.340 e. The molecule has 1 aromatic rings. The number of aromatic amines is 1. The van der Waals surface area contributed by atoms with Crippen LogP contribution in [0, 0.1) is 5.92 Å². The lowest BCUT2D eigenvalue weighted by Crippen LogP contribution is -2.39. The number of nitrogens with one attached hydrogen (secondary N) is 2. The van der Waals surface area contributed by atoms with E-state index in [0.29, 0.717) is 6.54 Å². The third kappa shape index (κ3) is 4.26. The number of aromatic carboxylic acids is 1. The first-order valence-corrected chi connectivity index (χ1v) is 7.60. The summed E-state index contributed by atoms with van der Waals surface area (Å²) in [6, 6.07) is 0. The second kappa shape index (κ2) is 6.68. The Morgan fingerprint density at radius 3 is 2.62 bits per heavy atom. The van der Waals surface area contributed by atoms with E-state index in [1.807, 2.05) is 13.8 Å². The van der Waals surface area contributed by atoms with Gasteiger partial charge in [-0.2, -0.15) is 9.40 Å². The Bertz CT molecular complexity index is 622. The number of H-pyrrole nitrogens is 1. The molecule has 21 heavy (non-hydrogen) atoms. The molecule has 3 N–H and O–H groups in total. The number of hydrogen-bond acceptors (Lipinski definition) is 5. The first-order chi connectivity index (χ1) is 9.66. The van der Waals surface area contributed by atoms with Gasteiger partial charge in [-0.25, -0.2) is 13.2 Å². The zero-order valence-corrected chi connectivity index (χ0v) is 12.8. The largest absolute Gasteiger partial charge is 0.478 e. The molecule has 1 heterocycles. The molecule has 0 fully saturated rings. The van der Waals surface area contributed by atoms with Crippen LogP contribution in [-0.4, -0.2) is 60.0 Å². The molecule has 0 atom stereocenters. The van der Waals surface area contributed by atoms with Gasteiger partial charge in [0.1, 0.15) is 5.56 Å². The van der Waals surface area contributed by atoms with E-state index in [1.54, 1.807) is 0 Å². The Balaban J connectivity index is 2.85. The Kier molecular flexibility index (Phi) is 5.44. The van der Waals surface area contributed by atoms with Crippen molar-refractivity contribution in [2.45, 2.75) is 18.9 Å². The van der Waals surface area contributed by atoms with Crippen molar-refractivity contribution in [2.75, 3.05) is 20.1 Å². The minimum absolute atomic E-state index is 0.238. The first-order valence-electron chi connectivity index (χ1n) is 6.16. The van der Waals surface area contributed by atoms with Gasteiger partial charge in [-0.1, -0.05) is 13.8 Å². The van der Waals surface area contributed by atoms with Crippen molar-refractivity contribution in [3.63, 3.8) is 0 Å². The number of likely N-dealkylation sites (N-methyl/N-ethyl adjacent to an activating group) is 1. The molecule has 0 aromatic carbocycles. The maximum atomic E-state index is 12.2. The van der Waals surface area contributed by atoms with Gasteiger partial charge in [0, 0.05) is 13.6 Å². The Morgan fingerprint density at radius 2 is 2.10 bits per heavy atom. The van der Waals surface area contributed by atoms with Gasteiger partial charge in [-0.05, 0) is 5.92 Å². The van der Waals surface area contributed by atoms with Crippen molar-refractivity contribution in [1.82, 2.24) is 19.8 Å². The molecule has 118 valence electrons. The van der Waals surface area contributed by atoms with E-state index in [9.17, 15) is 18.0 Å². The zero-order chi connectivity index (χ0) is 16.2. The summed E-state index contributed by atoms with van der Waals surface area (Å²) in [7, 11) is -2.94. The highest BCUT2D eigenvalue weighted by molar-refractivity contribution is 7.89. The van der Waals surface area contributed by atoms with Crippen molar-refractivity contribution < 1.29 is 23.1 Å². The molecule has 0 spiro atoms. The summed E-state index contributed by atoms with van der Waals surface area (Å²) in [5.41, 5.74) is -0.468. The second-order valence-corrected chi connectivity index (χ2v) is 6.86. The van der Waals surface area contributed by atoms with Gasteiger partial charge in [0.15, 0.2) is 5.03 Å². The van der Waals surface area contributed by atoms with E-state index in [4.69, 9.17) is 5.11 Å². The molecule has 1 rings (SSSR count). The summed E-state index contributed by atoms with van der Waals surface area (Å²) >= 11 is 0. The van der Waals surface area contributed by atoms with Crippen molar-refractivity contribution >= 4 is 21.9 Å². The molecule has 9 nitrogen and oxygen atoms in total. The average molecular weight is 318 g/mol. The Morgan fingerprint density at radius 1 is 1.48 bits per heavy atom. The number of carbonyl (C=O) groups is 2. The van der Waals surface area contributed by atoms with Crippen molar-refractivity contribution in [1.29, 1.82) is 0 Å². The van der Waals surface area contributed by atoms with Crippen LogP contribution >= 0.6 is 0 Å². The standard InChI is InChI=1S/C11H18N4O5S/c1-7(2)4-12-9(16)6-15(3)21(19,20)10-8(11(17)18)5-13-14-10/h5,7H,4,6H2,1-3H3,(H,12,16)(H,13,14)(H,17,18). The predicted molar refractivity (Wildman–Crippen MR) is 73.2 cm³/mol. The third-order valence-electron chi connectivity index (χ3n) is 2.58. The predicted octanol–water partition coefficient (Wildman–Crippen LogP) is -0.499. The van der Waals surface area contributed by atoms with Crippen molar-refractivity contribution in [3.8, 4) is 0 Å². The summed E-state index contributed by atoms with van der Waals surface area (Å²) < 4.78 is 25.2. The number of carboxylic acids is 1.